The van der Waals surface area contributed by atoms with Crippen LogP contribution in [0.1, 0.15) is 36.2 Å². The molecule has 9 heteroatoms. The molecule has 0 spiro atoms. The maximum atomic E-state index is 13.6. The molecule has 2 aliphatic rings. The summed E-state index contributed by atoms with van der Waals surface area (Å²) in [6.07, 6.45) is 4.18. The molecule has 0 aliphatic carbocycles. The number of hydrogen-bond donors (Lipinski definition) is 3. The fourth-order valence-electron chi connectivity index (χ4n) is 4.69. The first-order valence-electron chi connectivity index (χ1n) is 11.7. The Morgan fingerprint density at radius 3 is 2.53 bits per heavy atom. The van der Waals surface area contributed by atoms with E-state index in [1.54, 1.807) is 24.5 Å². The van der Waals surface area contributed by atoms with E-state index in [9.17, 15) is 14.4 Å². The van der Waals surface area contributed by atoms with Gasteiger partial charge in [0, 0.05) is 56.2 Å². The summed E-state index contributed by atoms with van der Waals surface area (Å²) in [5.41, 5.74) is 1.62. The van der Waals surface area contributed by atoms with Gasteiger partial charge in [-0.05, 0) is 50.1 Å². The zero-order chi connectivity index (χ0) is 24.1. The third kappa shape index (κ3) is 5.72. The van der Waals surface area contributed by atoms with Crippen molar-refractivity contribution in [2.75, 3.05) is 19.6 Å². The molecule has 1 aromatic heterocycles. The van der Waals surface area contributed by atoms with Crippen LogP contribution in [-0.2, 0) is 11.3 Å². The molecule has 0 saturated carbocycles. The first kappa shape index (κ1) is 23.7. The second kappa shape index (κ2) is 10.6. The molecule has 2 fully saturated rings. The van der Waals surface area contributed by atoms with Crippen LogP contribution in [0.25, 0.3) is 0 Å². The van der Waals surface area contributed by atoms with Gasteiger partial charge in [-0.1, -0.05) is 18.2 Å². The normalized spacial score (nSPS) is 22.4. The van der Waals surface area contributed by atoms with Gasteiger partial charge < -0.3 is 20.9 Å². The second-order valence-electron chi connectivity index (χ2n) is 9.23. The largest absolute Gasteiger partial charge is 0.350 e. The lowest BCUT2D eigenvalue weighted by molar-refractivity contribution is -0.143. The van der Waals surface area contributed by atoms with Gasteiger partial charge in [0.2, 0.25) is 5.91 Å². The average Bonchev–Trinajstić information content (AvgIpc) is 3.21. The summed E-state index contributed by atoms with van der Waals surface area (Å²) < 4.78 is 0. The summed E-state index contributed by atoms with van der Waals surface area (Å²) in [7, 11) is 0. The molecule has 2 aliphatic heterocycles. The number of nitrogens with one attached hydrogen (secondary N) is 3. The summed E-state index contributed by atoms with van der Waals surface area (Å²) in [5, 5.41) is 8.78. The van der Waals surface area contributed by atoms with Gasteiger partial charge >= 0.3 is 6.03 Å². The summed E-state index contributed by atoms with van der Waals surface area (Å²) >= 11 is 0. The molecular weight excluding hydrogens is 432 g/mol. The summed E-state index contributed by atoms with van der Waals surface area (Å²) in [6, 6.07) is 12.1. The first-order valence-corrected chi connectivity index (χ1v) is 11.7. The van der Waals surface area contributed by atoms with E-state index in [1.165, 1.54) is 0 Å². The Bertz CT molecular complexity index is 1000. The van der Waals surface area contributed by atoms with Crippen molar-refractivity contribution < 1.29 is 14.4 Å². The lowest BCUT2D eigenvalue weighted by Crippen LogP contribution is -2.62. The predicted molar refractivity (Wildman–Crippen MR) is 128 cm³/mol. The zero-order valence-electron chi connectivity index (χ0n) is 19.6. The highest BCUT2D eigenvalue weighted by Crippen LogP contribution is 2.27. The van der Waals surface area contributed by atoms with Crippen molar-refractivity contribution in [3.05, 3.63) is 66.0 Å². The lowest BCUT2D eigenvalue weighted by Gasteiger charge is -2.42. The van der Waals surface area contributed by atoms with Crippen molar-refractivity contribution in [1.82, 2.24) is 30.7 Å². The molecule has 4 rings (SSSR count). The lowest BCUT2D eigenvalue weighted by atomic mass is 10.0. The molecule has 3 heterocycles. The van der Waals surface area contributed by atoms with Gasteiger partial charge in [0.1, 0.15) is 6.04 Å². The SMILES string of the molecule is CC(C)NC(=O)N[C@H]1C[C@H]2CN(Cc3ccncc3)[C@@H](CNC(=O)c3ccccc3)C(=O)N2C1. The number of fused-ring (bicyclic) bond motifs is 1. The number of benzene rings is 1. The monoisotopic (exact) mass is 464 g/mol. The Morgan fingerprint density at radius 1 is 1.09 bits per heavy atom. The number of nitrogens with zero attached hydrogens (tertiary/aromatic N) is 3. The number of aromatic nitrogens is 1. The van der Waals surface area contributed by atoms with Crippen LogP contribution in [0.5, 0.6) is 0 Å². The van der Waals surface area contributed by atoms with Crippen LogP contribution >= 0.6 is 0 Å². The molecule has 0 bridgehead atoms. The predicted octanol–water partition coefficient (Wildman–Crippen LogP) is 1.37. The minimum Gasteiger partial charge on any atom is -0.350 e. The molecular formula is C25H32N6O3. The van der Waals surface area contributed by atoms with Crippen LogP contribution in [-0.4, -0.2) is 76.4 Å². The van der Waals surface area contributed by atoms with E-state index >= 15 is 0 Å². The molecule has 0 unspecified atom stereocenters. The molecule has 3 N–H and O–H groups in total. The van der Waals surface area contributed by atoms with E-state index in [0.29, 0.717) is 31.6 Å². The Kier molecular flexibility index (Phi) is 7.42. The van der Waals surface area contributed by atoms with Crippen molar-refractivity contribution in [3.8, 4) is 0 Å². The van der Waals surface area contributed by atoms with Crippen LogP contribution in [0.2, 0.25) is 0 Å². The summed E-state index contributed by atoms with van der Waals surface area (Å²) in [6.45, 7) is 5.76. The van der Waals surface area contributed by atoms with E-state index in [-0.39, 0.29) is 42.5 Å². The third-order valence-corrected chi connectivity index (χ3v) is 6.25. The Balaban J connectivity index is 1.46. The number of carbonyl (C=O) groups is 3. The highest BCUT2D eigenvalue weighted by Gasteiger charge is 2.45. The molecule has 180 valence electrons. The molecule has 2 saturated heterocycles. The minimum atomic E-state index is -0.486. The number of pyridine rings is 1. The third-order valence-electron chi connectivity index (χ3n) is 6.25. The van der Waals surface area contributed by atoms with Gasteiger partial charge in [-0.2, -0.15) is 0 Å². The van der Waals surface area contributed by atoms with Crippen LogP contribution in [0, 0.1) is 0 Å². The Hall–Kier alpha value is -3.46. The maximum absolute atomic E-state index is 13.6. The molecule has 9 nitrogen and oxygen atoms in total. The Morgan fingerprint density at radius 2 is 1.82 bits per heavy atom. The quantitative estimate of drug-likeness (QED) is 0.574. The molecule has 3 atom stereocenters. The van der Waals surface area contributed by atoms with Crippen molar-refractivity contribution in [2.24, 2.45) is 0 Å². The Labute approximate surface area is 199 Å². The van der Waals surface area contributed by atoms with Gasteiger partial charge in [-0.25, -0.2) is 4.79 Å². The number of piperazine rings is 1. The standard InChI is InChI=1S/C25H32N6O3/c1-17(2)28-25(34)29-20-12-21-16-30(14-18-8-10-26-11-9-18)22(24(33)31(21)15-20)13-27-23(32)19-6-4-3-5-7-19/h3-11,17,20-22H,12-16H2,1-2H3,(H,27,32)(H2,28,29,34)/t20-,21-,22-/m0/s1. The van der Waals surface area contributed by atoms with Gasteiger partial charge in [-0.3, -0.25) is 19.5 Å². The van der Waals surface area contributed by atoms with E-state index in [4.69, 9.17) is 0 Å². The maximum Gasteiger partial charge on any atom is 0.315 e. The van der Waals surface area contributed by atoms with Gasteiger partial charge in [-0.15, -0.1) is 0 Å². The van der Waals surface area contributed by atoms with Gasteiger partial charge in [0.05, 0.1) is 6.04 Å². The highest BCUT2D eigenvalue weighted by atomic mass is 16.2. The van der Waals surface area contributed by atoms with Gasteiger partial charge in [0.25, 0.3) is 5.91 Å². The van der Waals surface area contributed by atoms with E-state index in [2.05, 4.69) is 25.8 Å². The summed E-state index contributed by atoms with van der Waals surface area (Å²) in [4.78, 5) is 46.4. The molecule has 0 radical (unpaired) electrons. The van der Waals surface area contributed by atoms with Crippen LogP contribution in [0.4, 0.5) is 4.79 Å². The van der Waals surface area contributed by atoms with E-state index in [1.807, 2.05) is 49.1 Å². The van der Waals surface area contributed by atoms with Crippen molar-refractivity contribution in [1.29, 1.82) is 0 Å². The highest BCUT2D eigenvalue weighted by molar-refractivity contribution is 5.94. The minimum absolute atomic E-state index is 0.0137. The smallest absolute Gasteiger partial charge is 0.315 e. The molecule has 2 aromatic rings. The zero-order valence-corrected chi connectivity index (χ0v) is 19.6. The first-order chi connectivity index (χ1) is 16.4. The number of rotatable bonds is 7. The number of urea groups is 1. The van der Waals surface area contributed by atoms with Crippen LogP contribution < -0.4 is 16.0 Å². The average molecular weight is 465 g/mol. The van der Waals surface area contributed by atoms with Crippen molar-refractivity contribution >= 4 is 17.8 Å². The van der Waals surface area contributed by atoms with E-state index in [0.717, 1.165) is 5.56 Å². The second-order valence-corrected chi connectivity index (χ2v) is 9.23. The van der Waals surface area contributed by atoms with Crippen LogP contribution in [0.15, 0.2) is 54.9 Å². The topological polar surface area (TPSA) is 107 Å². The number of hydrogen-bond acceptors (Lipinski definition) is 5. The number of amides is 4. The molecule has 34 heavy (non-hydrogen) atoms. The van der Waals surface area contributed by atoms with Crippen LogP contribution in [0.3, 0.4) is 0 Å². The number of carbonyl (C=O) groups excluding carboxylic acids is 3. The van der Waals surface area contributed by atoms with Crippen molar-refractivity contribution in [3.63, 3.8) is 0 Å². The van der Waals surface area contributed by atoms with Crippen molar-refractivity contribution in [2.45, 2.75) is 51.0 Å². The molecule has 1 aromatic carbocycles. The summed E-state index contributed by atoms with van der Waals surface area (Å²) in [5.74, 6) is -0.224. The fraction of sp³-hybridized carbons (Fsp3) is 0.440. The fourth-order valence-corrected chi connectivity index (χ4v) is 4.69. The molecule has 4 amide bonds. The van der Waals surface area contributed by atoms with Gasteiger partial charge in [0.15, 0.2) is 0 Å². The van der Waals surface area contributed by atoms with E-state index < -0.39 is 6.04 Å².